The summed E-state index contributed by atoms with van der Waals surface area (Å²) in [7, 11) is 0. The van der Waals surface area contributed by atoms with Crippen molar-refractivity contribution in [1.82, 2.24) is 4.90 Å². The minimum atomic E-state index is 0.0995. The molecule has 2 nitrogen and oxygen atoms in total. The van der Waals surface area contributed by atoms with E-state index in [9.17, 15) is 4.79 Å². The fourth-order valence-electron chi connectivity index (χ4n) is 2.87. The standard InChI is InChI=1S/C19H22BrNOSe/c1-13(2)21(14(3)4)19(22)17-11-6-5-9-15(17)16-10-7-8-12-18(16)23-20/h5-14H,1-4H3. The van der Waals surface area contributed by atoms with Gasteiger partial charge in [-0.3, -0.25) is 0 Å². The second-order valence-electron chi connectivity index (χ2n) is 6.02. The predicted octanol–water partition coefficient (Wildman–Crippen LogP) is 4.25. The first kappa shape index (κ1) is 18.3. The maximum absolute atomic E-state index is 13.1. The molecule has 0 spiro atoms. The first-order chi connectivity index (χ1) is 11.0. The molecule has 2 aromatic rings. The molecule has 4 heteroatoms. The van der Waals surface area contributed by atoms with Crippen LogP contribution in [0.25, 0.3) is 11.1 Å². The van der Waals surface area contributed by atoms with Crippen molar-refractivity contribution in [3.8, 4) is 11.1 Å². The molecule has 0 aliphatic rings. The van der Waals surface area contributed by atoms with Crippen LogP contribution in [0, 0.1) is 0 Å². The Balaban J connectivity index is 2.56. The molecule has 2 rings (SSSR count). The van der Waals surface area contributed by atoms with Gasteiger partial charge in [-0.25, -0.2) is 0 Å². The van der Waals surface area contributed by atoms with E-state index >= 15 is 0 Å². The molecular formula is C19H22BrNOSe. The van der Waals surface area contributed by atoms with E-state index in [4.69, 9.17) is 0 Å². The molecule has 0 unspecified atom stereocenters. The average Bonchev–Trinajstić information content (AvgIpc) is 2.54. The Morgan fingerprint density at radius 1 is 0.913 bits per heavy atom. The molecule has 0 aromatic heterocycles. The van der Waals surface area contributed by atoms with Crippen LogP contribution in [0.4, 0.5) is 0 Å². The van der Waals surface area contributed by atoms with Crippen LogP contribution in [-0.4, -0.2) is 36.0 Å². The van der Waals surface area contributed by atoms with E-state index in [-0.39, 0.29) is 31.1 Å². The van der Waals surface area contributed by atoms with E-state index in [2.05, 4.69) is 53.9 Å². The van der Waals surface area contributed by atoms with Crippen molar-refractivity contribution in [2.45, 2.75) is 39.8 Å². The SMILES string of the molecule is CC(C)N(C(=O)c1ccccc1-c1ccccc1[Se]Br)C(C)C. The zero-order chi connectivity index (χ0) is 17.0. The number of hydrogen-bond donors (Lipinski definition) is 0. The van der Waals surface area contributed by atoms with Crippen molar-refractivity contribution >= 4 is 37.6 Å². The molecular weight excluding hydrogens is 417 g/mol. The van der Waals surface area contributed by atoms with Crippen LogP contribution >= 0.6 is 14.1 Å². The third kappa shape index (κ3) is 4.06. The molecule has 0 heterocycles. The summed E-state index contributed by atoms with van der Waals surface area (Å²) in [5.41, 5.74) is 2.93. The molecule has 0 saturated heterocycles. The van der Waals surface area contributed by atoms with Crippen LogP contribution < -0.4 is 4.46 Å². The van der Waals surface area contributed by atoms with Gasteiger partial charge in [0.15, 0.2) is 0 Å². The van der Waals surface area contributed by atoms with Gasteiger partial charge in [0.2, 0.25) is 0 Å². The normalized spacial score (nSPS) is 11.1. The summed E-state index contributed by atoms with van der Waals surface area (Å²) in [6.45, 7) is 8.26. The van der Waals surface area contributed by atoms with Gasteiger partial charge in [0.05, 0.1) is 0 Å². The second-order valence-corrected chi connectivity index (χ2v) is 8.95. The molecule has 0 aliphatic heterocycles. The van der Waals surface area contributed by atoms with Crippen LogP contribution in [0.5, 0.6) is 0 Å². The quantitative estimate of drug-likeness (QED) is 0.638. The van der Waals surface area contributed by atoms with E-state index in [1.54, 1.807) is 0 Å². The van der Waals surface area contributed by atoms with Gasteiger partial charge >= 0.3 is 152 Å². The van der Waals surface area contributed by atoms with Gasteiger partial charge < -0.3 is 0 Å². The van der Waals surface area contributed by atoms with Crippen LogP contribution in [0.3, 0.4) is 0 Å². The Hall–Kier alpha value is -1.09. The number of benzene rings is 2. The summed E-state index contributed by atoms with van der Waals surface area (Å²) in [4.78, 5) is 15.1. The van der Waals surface area contributed by atoms with Gasteiger partial charge in [-0.2, -0.15) is 0 Å². The molecule has 0 aliphatic carbocycles. The summed E-state index contributed by atoms with van der Waals surface area (Å²) in [6.07, 6.45) is 0. The molecule has 2 aromatic carbocycles. The van der Waals surface area contributed by atoms with Crippen LogP contribution in [-0.2, 0) is 0 Å². The van der Waals surface area contributed by atoms with Crippen molar-refractivity contribution in [2.75, 3.05) is 0 Å². The number of amides is 1. The Kier molecular flexibility index (Phi) is 6.46. The van der Waals surface area contributed by atoms with E-state index in [0.717, 1.165) is 16.7 Å². The van der Waals surface area contributed by atoms with E-state index < -0.39 is 0 Å². The fourth-order valence-corrected chi connectivity index (χ4v) is 5.15. The first-order valence-electron chi connectivity index (χ1n) is 7.77. The molecule has 122 valence electrons. The van der Waals surface area contributed by atoms with Crippen molar-refractivity contribution in [3.63, 3.8) is 0 Å². The topological polar surface area (TPSA) is 20.3 Å². The Labute approximate surface area is 152 Å². The van der Waals surface area contributed by atoms with Gasteiger partial charge in [-0.15, -0.1) is 0 Å². The molecule has 0 atom stereocenters. The monoisotopic (exact) mass is 439 g/mol. The third-order valence-corrected chi connectivity index (χ3v) is 6.67. The zero-order valence-electron chi connectivity index (χ0n) is 13.9. The number of carbonyl (C=O) groups is 1. The first-order valence-corrected chi connectivity index (χ1v) is 12.6. The molecule has 0 fully saturated rings. The van der Waals surface area contributed by atoms with Crippen LogP contribution in [0.2, 0.25) is 0 Å². The summed E-state index contributed by atoms with van der Waals surface area (Å²) in [5, 5.41) is 0. The van der Waals surface area contributed by atoms with Gasteiger partial charge in [-0.05, 0) is 0 Å². The molecule has 0 bridgehead atoms. The van der Waals surface area contributed by atoms with Gasteiger partial charge in [-0.1, -0.05) is 0 Å². The summed E-state index contributed by atoms with van der Waals surface area (Å²) in [6, 6.07) is 16.6. The van der Waals surface area contributed by atoms with E-state index in [1.807, 2.05) is 41.3 Å². The molecule has 0 radical (unpaired) electrons. The summed E-state index contributed by atoms with van der Waals surface area (Å²) in [5.74, 6) is 0.0995. The third-order valence-electron chi connectivity index (χ3n) is 3.77. The number of halogens is 1. The summed E-state index contributed by atoms with van der Waals surface area (Å²) >= 11 is 3.81. The number of nitrogens with zero attached hydrogens (tertiary/aromatic N) is 1. The minimum absolute atomic E-state index is 0.0995. The number of hydrogen-bond acceptors (Lipinski definition) is 1. The van der Waals surface area contributed by atoms with Gasteiger partial charge in [0.1, 0.15) is 0 Å². The molecule has 0 saturated carbocycles. The molecule has 1 amide bonds. The van der Waals surface area contributed by atoms with Crippen LogP contribution in [0.15, 0.2) is 48.5 Å². The van der Waals surface area contributed by atoms with E-state index in [1.165, 1.54) is 4.46 Å². The Morgan fingerprint density at radius 2 is 1.43 bits per heavy atom. The van der Waals surface area contributed by atoms with Crippen molar-refractivity contribution in [2.24, 2.45) is 0 Å². The Morgan fingerprint density at radius 3 is 2.00 bits per heavy atom. The predicted molar refractivity (Wildman–Crippen MR) is 103 cm³/mol. The summed E-state index contributed by atoms with van der Waals surface area (Å²) < 4.78 is 1.25. The molecule has 0 N–H and O–H groups in total. The Bertz CT molecular complexity index is 677. The van der Waals surface area contributed by atoms with Crippen molar-refractivity contribution < 1.29 is 4.79 Å². The zero-order valence-corrected chi connectivity index (χ0v) is 17.2. The number of rotatable bonds is 5. The molecule has 23 heavy (non-hydrogen) atoms. The van der Waals surface area contributed by atoms with Crippen molar-refractivity contribution in [3.05, 3.63) is 54.1 Å². The average molecular weight is 439 g/mol. The van der Waals surface area contributed by atoms with Crippen LogP contribution in [0.1, 0.15) is 38.1 Å². The maximum atomic E-state index is 13.1. The number of carbonyl (C=O) groups excluding carboxylic acids is 1. The van der Waals surface area contributed by atoms with Gasteiger partial charge in [0.25, 0.3) is 0 Å². The second kappa shape index (κ2) is 8.14. The van der Waals surface area contributed by atoms with E-state index in [0.29, 0.717) is 0 Å². The van der Waals surface area contributed by atoms with Crippen molar-refractivity contribution in [1.29, 1.82) is 0 Å². The van der Waals surface area contributed by atoms with Gasteiger partial charge in [0, 0.05) is 0 Å². The fraction of sp³-hybridized carbons (Fsp3) is 0.316.